The topological polar surface area (TPSA) is 49.8 Å². The van der Waals surface area contributed by atoms with Crippen LogP contribution in [0.15, 0.2) is 22.7 Å². The minimum absolute atomic E-state index is 0.207. The van der Waals surface area contributed by atoms with Crippen molar-refractivity contribution in [3.05, 3.63) is 28.2 Å². The summed E-state index contributed by atoms with van der Waals surface area (Å²) in [6, 6.07) is 5.38. The molecule has 0 spiro atoms. The lowest BCUT2D eigenvalue weighted by atomic mass is 9.94. The zero-order valence-electron chi connectivity index (χ0n) is 11.1. The number of halogens is 1. The second-order valence-electron chi connectivity index (χ2n) is 5.15. The zero-order valence-corrected chi connectivity index (χ0v) is 12.7. The molecule has 1 aromatic carbocycles. The summed E-state index contributed by atoms with van der Waals surface area (Å²) in [6.07, 6.45) is 2.00. The average Bonchev–Trinajstić information content (AvgIpc) is 2.38. The fourth-order valence-electron chi connectivity index (χ4n) is 2.53. The molecule has 5 heteroatoms. The first-order valence-electron chi connectivity index (χ1n) is 6.28. The fourth-order valence-corrected chi connectivity index (χ4v) is 2.89. The number of rotatable bonds is 3. The number of hydrogen-bond acceptors (Lipinski definition) is 3. The van der Waals surface area contributed by atoms with Crippen LogP contribution in [0.5, 0.6) is 0 Å². The van der Waals surface area contributed by atoms with Gasteiger partial charge in [0.15, 0.2) is 0 Å². The van der Waals surface area contributed by atoms with Crippen molar-refractivity contribution in [2.24, 2.45) is 0 Å². The van der Waals surface area contributed by atoms with Gasteiger partial charge in [0, 0.05) is 24.7 Å². The molecule has 0 aliphatic carbocycles. The van der Waals surface area contributed by atoms with Crippen molar-refractivity contribution in [3.8, 4) is 0 Å². The molecule has 19 heavy (non-hydrogen) atoms. The molecule has 0 aromatic heterocycles. The first kappa shape index (κ1) is 14.3. The van der Waals surface area contributed by atoms with Gasteiger partial charge in [-0.15, -0.1) is 0 Å². The Kier molecular flexibility index (Phi) is 4.16. The van der Waals surface area contributed by atoms with Gasteiger partial charge in [0.1, 0.15) is 0 Å². The van der Waals surface area contributed by atoms with Gasteiger partial charge >= 0.3 is 5.97 Å². The third-order valence-electron chi connectivity index (χ3n) is 3.68. The lowest BCUT2D eigenvalue weighted by Crippen LogP contribution is -2.47. The van der Waals surface area contributed by atoms with E-state index in [2.05, 4.69) is 27.8 Å². The Morgan fingerprint density at radius 1 is 1.53 bits per heavy atom. The number of carboxylic acid groups (broad SMARTS) is 1. The number of methoxy groups -OCH3 is 1. The molecule has 1 saturated heterocycles. The molecule has 2 rings (SSSR count). The highest BCUT2D eigenvalue weighted by Gasteiger charge is 2.32. The van der Waals surface area contributed by atoms with Crippen molar-refractivity contribution in [2.75, 3.05) is 25.1 Å². The van der Waals surface area contributed by atoms with Crippen LogP contribution in [-0.4, -0.2) is 36.9 Å². The first-order valence-corrected chi connectivity index (χ1v) is 7.07. The van der Waals surface area contributed by atoms with Crippen molar-refractivity contribution in [2.45, 2.75) is 25.4 Å². The summed E-state index contributed by atoms with van der Waals surface area (Å²) in [5.41, 5.74) is 0.884. The van der Waals surface area contributed by atoms with Gasteiger partial charge in [-0.2, -0.15) is 0 Å². The highest BCUT2D eigenvalue weighted by Crippen LogP contribution is 2.31. The van der Waals surface area contributed by atoms with Crippen LogP contribution in [0.1, 0.15) is 30.1 Å². The van der Waals surface area contributed by atoms with Crippen molar-refractivity contribution in [1.82, 2.24) is 0 Å². The third-order valence-corrected chi connectivity index (χ3v) is 4.17. The van der Waals surface area contributed by atoms with E-state index in [1.165, 1.54) is 0 Å². The number of carbonyl (C=O) groups is 1. The van der Waals surface area contributed by atoms with E-state index in [0.717, 1.165) is 29.5 Å². The van der Waals surface area contributed by atoms with E-state index < -0.39 is 5.97 Å². The molecule has 1 heterocycles. The summed E-state index contributed by atoms with van der Waals surface area (Å²) in [5.74, 6) is -0.902. The van der Waals surface area contributed by atoms with E-state index >= 15 is 0 Å². The van der Waals surface area contributed by atoms with Gasteiger partial charge in [0.2, 0.25) is 0 Å². The SMILES string of the molecule is COC1(C)CCCN(c2ccc(Br)cc2C(=O)O)C1. The van der Waals surface area contributed by atoms with Gasteiger partial charge in [-0.25, -0.2) is 4.79 Å². The standard InChI is InChI=1S/C14H18BrNO3/c1-14(19-2)6-3-7-16(9-14)12-5-4-10(15)8-11(12)13(17)18/h4-5,8H,3,6-7,9H2,1-2H3,(H,17,18). The maximum atomic E-state index is 11.4. The molecule has 104 valence electrons. The van der Waals surface area contributed by atoms with E-state index in [9.17, 15) is 9.90 Å². The highest BCUT2D eigenvalue weighted by molar-refractivity contribution is 9.10. The quantitative estimate of drug-likeness (QED) is 0.926. The van der Waals surface area contributed by atoms with Gasteiger partial charge in [-0.05, 0) is 38.0 Å². The summed E-state index contributed by atoms with van der Waals surface area (Å²) in [7, 11) is 1.71. The number of piperidine rings is 1. The summed E-state index contributed by atoms with van der Waals surface area (Å²) in [6.45, 7) is 3.64. The number of benzene rings is 1. The molecule has 1 fully saturated rings. The molecule has 4 nitrogen and oxygen atoms in total. The predicted molar refractivity (Wildman–Crippen MR) is 78.0 cm³/mol. The van der Waals surface area contributed by atoms with E-state index in [-0.39, 0.29) is 5.60 Å². The summed E-state index contributed by atoms with van der Waals surface area (Å²) >= 11 is 3.32. The monoisotopic (exact) mass is 327 g/mol. The zero-order chi connectivity index (χ0) is 14.0. The summed E-state index contributed by atoms with van der Waals surface area (Å²) < 4.78 is 6.33. The molecule has 0 bridgehead atoms. The van der Waals surface area contributed by atoms with Crippen LogP contribution in [0.3, 0.4) is 0 Å². The maximum absolute atomic E-state index is 11.4. The summed E-state index contributed by atoms with van der Waals surface area (Å²) in [5, 5.41) is 9.33. The molecular formula is C14H18BrNO3. The molecule has 0 radical (unpaired) electrons. The molecule has 1 unspecified atom stereocenters. The van der Waals surface area contributed by atoms with E-state index in [1.807, 2.05) is 12.1 Å². The fraction of sp³-hybridized carbons (Fsp3) is 0.500. The lowest BCUT2D eigenvalue weighted by Gasteiger charge is -2.41. The molecule has 1 aliphatic rings. The first-order chi connectivity index (χ1) is 8.95. The van der Waals surface area contributed by atoms with Crippen molar-refractivity contribution in [1.29, 1.82) is 0 Å². The second kappa shape index (κ2) is 5.51. The van der Waals surface area contributed by atoms with Gasteiger partial charge in [-0.1, -0.05) is 15.9 Å². The van der Waals surface area contributed by atoms with Gasteiger partial charge < -0.3 is 14.7 Å². The van der Waals surface area contributed by atoms with Gasteiger partial charge in [0.25, 0.3) is 0 Å². The molecular weight excluding hydrogens is 310 g/mol. The molecule has 0 amide bonds. The van der Waals surface area contributed by atoms with Crippen molar-refractivity contribution >= 4 is 27.6 Å². The smallest absolute Gasteiger partial charge is 0.337 e. The Labute approximate surface area is 121 Å². The number of hydrogen-bond donors (Lipinski definition) is 1. The van der Waals surface area contributed by atoms with Gasteiger partial charge in [0.05, 0.1) is 16.9 Å². The van der Waals surface area contributed by atoms with Crippen LogP contribution >= 0.6 is 15.9 Å². The van der Waals surface area contributed by atoms with Crippen LogP contribution in [0.4, 0.5) is 5.69 Å². The predicted octanol–water partition coefficient (Wildman–Crippen LogP) is 3.15. The summed E-state index contributed by atoms with van der Waals surface area (Å²) in [4.78, 5) is 13.5. The van der Waals surface area contributed by atoms with Crippen molar-refractivity contribution < 1.29 is 14.6 Å². The van der Waals surface area contributed by atoms with Crippen LogP contribution in [0, 0.1) is 0 Å². The van der Waals surface area contributed by atoms with Crippen molar-refractivity contribution in [3.63, 3.8) is 0 Å². The third kappa shape index (κ3) is 3.09. The Morgan fingerprint density at radius 2 is 2.26 bits per heavy atom. The average molecular weight is 328 g/mol. The second-order valence-corrected chi connectivity index (χ2v) is 6.06. The molecule has 1 atom stereocenters. The van der Waals surface area contributed by atoms with Crippen LogP contribution in [0.25, 0.3) is 0 Å². The maximum Gasteiger partial charge on any atom is 0.337 e. The Bertz CT molecular complexity index is 492. The highest BCUT2D eigenvalue weighted by atomic mass is 79.9. The van der Waals surface area contributed by atoms with E-state index in [0.29, 0.717) is 12.1 Å². The van der Waals surface area contributed by atoms with Gasteiger partial charge in [-0.3, -0.25) is 0 Å². The Balaban J connectivity index is 2.33. The molecule has 0 saturated carbocycles. The van der Waals surface area contributed by atoms with Crippen LogP contribution < -0.4 is 4.90 Å². The number of anilines is 1. The molecule has 1 N–H and O–H groups in total. The number of ether oxygens (including phenoxy) is 1. The molecule has 1 aliphatic heterocycles. The minimum Gasteiger partial charge on any atom is -0.478 e. The van der Waals surface area contributed by atoms with E-state index in [4.69, 9.17) is 4.74 Å². The van der Waals surface area contributed by atoms with Crippen LogP contribution in [-0.2, 0) is 4.74 Å². The Hall–Kier alpha value is -1.07. The normalized spacial score (nSPS) is 23.4. The molecule has 1 aromatic rings. The largest absolute Gasteiger partial charge is 0.478 e. The number of nitrogens with zero attached hydrogens (tertiary/aromatic N) is 1. The number of aromatic carboxylic acids is 1. The Morgan fingerprint density at radius 3 is 2.89 bits per heavy atom. The van der Waals surface area contributed by atoms with Crippen LogP contribution in [0.2, 0.25) is 0 Å². The number of carboxylic acids is 1. The van der Waals surface area contributed by atoms with E-state index in [1.54, 1.807) is 13.2 Å². The minimum atomic E-state index is -0.902. The lowest BCUT2D eigenvalue weighted by molar-refractivity contribution is -0.00472.